The van der Waals surface area contributed by atoms with Crippen LogP contribution >= 0.6 is 0 Å². The minimum absolute atomic E-state index is 0.893. The molecule has 0 bridgehead atoms. The van der Waals surface area contributed by atoms with Crippen molar-refractivity contribution >= 4 is 11.4 Å². The maximum atomic E-state index is 6.13. The lowest BCUT2D eigenvalue weighted by molar-refractivity contribution is 0.301. The predicted octanol–water partition coefficient (Wildman–Crippen LogP) is 3.14. The Morgan fingerprint density at radius 3 is 2.21 bits per heavy atom. The lowest BCUT2D eigenvalue weighted by atomic mass is 10.1. The molecule has 0 aliphatic rings. The van der Waals surface area contributed by atoms with E-state index in [1.165, 1.54) is 17.7 Å². The lowest BCUT2D eigenvalue weighted by Crippen LogP contribution is -2.30. The third-order valence-corrected chi connectivity index (χ3v) is 3.70. The van der Waals surface area contributed by atoms with E-state index in [0.717, 1.165) is 38.4 Å². The average molecular weight is 263 g/mol. The highest BCUT2D eigenvalue weighted by molar-refractivity contribution is 5.68. The van der Waals surface area contributed by atoms with E-state index in [4.69, 9.17) is 5.73 Å². The molecular formula is C16H29N3. The Morgan fingerprint density at radius 2 is 1.68 bits per heavy atom. The molecule has 0 aromatic heterocycles. The molecular weight excluding hydrogens is 234 g/mol. The van der Waals surface area contributed by atoms with E-state index >= 15 is 0 Å². The zero-order chi connectivity index (χ0) is 14.3. The average Bonchev–Trinajstić information content (AvgIpc) is 2.40. The van der Waals surface area contributed by atoms with Crippen molar-refractivity contribution in [3.05, 3.63) is 23.8 Å². The number of nitrogens with two attached hydrogens (primary N) is 1. The standard InChI is InChI=1S/C16H29N3/c1-5-18(6-2)11-8-12-19(7-3)16-10-9-14(4)13-15(16)17/h9-10,13H,5-8,11-12,17H2,1-4H3. The summed E-state index contributed by atoms with van der Waals surface area (Å²) in [6.07, 6.45) is 1.18. The van der Waals surface area contributed by atoms with Crippen LogP contribution in [0.2, 0.25) is 0 Å². The van der Waals surface area contributed by atoms with E-state index in [-0.39, 0.29) is 0 Å². The molecule has 2 N–H and O–H groups in total. The summed E-state index contributed by atoms with van der Waals surface area (Å²) < 4.78 is 0. The third kappa shape index (κ3) is 4.75. The Kier molecular flexibility index (Phi) is 6.71. The van der Waals surface area contributed by atoms with Crippen LogP contribution in [0.25, 0.3) is 0 Å². The van der Waals surface area contributed by atoms with Crippen molar-refractivity contribution in [2.24, 2.45) is 0 Å². The molecule has 0 unspecified atom stereocenters. The van der Waals surface area contributed by atoms with Gasteiger partial charge in [0.2, 0.25) is 0 Å². The van der Waals surface area contributed by atoms with Crippen molar-refractivity contribution in [1.82, 2.24) is 4.90 Å². The number of rotatable bonds is 8. The first-order valence-electron chi connectivity index (χ1n) is 7.45. The number of nitrogen functional groups attached to an aromatic ring is 1. The quantitative estimate of drug-likeness (QED) is 0.731. The van der Waals surface area contributed by atoms with E-state index in [1.54, 1.807) is 0 Å². The third-order valence-electron chi connectivity index (χ3n) is 3.70. The Morgan fingerprint density at radius 1 is 1.00 bits per heavy atom. The van der Waals surface area contributed by atoms with Crippen molar-refractivity contribution in [1.29, 1.82) is 0 Å². The number of anilines is 2. The first-order chi connectivity index (χ1) is 9.12. The van der Waals surface area contributed by atoms with Gasteiger partial charge in [0.1, 0.15) is 0 Å². The fraction of sp³-hybridized carbons (Fsp3) is 0.625. The van der Waals surface area contributed by atoms with E-state index < -0.39 is 0 Å². The highest BCUT2D eigenvalue weighted by Crippen LogP contribution is 2.24. The van der Waals surface area contributed by atoms with Crippen LogP contribution in [0.4, 0.5) is 11.4 Å². The zero-order valence-corrected chi connectivity index (χ0v) is 12.9. The fourth-order valence-corrected chi connectivity index (χ4v) is 2.44. The van der Waals surface area contributed by atoms with Gasteiger partial charge in [0.25, 0.3) is 0 Å². The number of hydrogen-bond donors (Lipinski definition) is 1. The minimum atomic E-state index is 0.893. The molecule has 0 saturated carbocycles. The van der Waals surface area contributed by atoms with Gasteiger partial charge in [-0.2, -0.15) is 0 Å². The maximum Gasteiger partial charge on any atom is 0.0600 e. The van der Waals surface area contributed by atoms with E-state index in [0.29, 0.717) is 0 Å². The highest BCUT2D eigenvalue weighted by Gasteiger charge is 2.08. The van der Waals surface area contributed by atoms with Gasteiger partial charge in [0, 0.05) is 13.1 Å². The molecule has 19 heavy (non-hydrogen) atoms. The molecule has 1 aromatic carbocycles. The van der Waals surface area contributed by atoms with Gasteiger partial charge in [-0.25, -0.2) is 0 Å². The van der Waals surface area contributed by atoms with Crippen LogP contribution in [0.1, 0.15) is 32.8 Å². The first-order valence-corrected chi connectivity index (χ1v) is 7.45. The van der Waals surface area contributed by atoms with Crippen LogP contribution < -0.4 is 10.6 Å². The number of nitrogens with zero attached hydrogens (tertiary/aromatic N) is 2. The second-order valence-electron chi connectivity index (χ2n) is 5.02. The molecule has 0 atom stereocenters. The van der Waals surface area contributed by atoms with Crippen LogP contribution in [0.5, 0.6) is 0 Å². The smallest absolute Gasteiger partial charge is 0.0600 e. The van der Waals surface area contributed by atoms with Gasteiger partial charge in [-0.1, -0.05) is 19.9 Å². The molecule has 0 amide bonds. The van der Waals surface area contributed by atoms with Gasteiger partial charge in [-0.05, 0) is 57.6 Å². The fourth-order valence-electron chi connectivity index (χ4n) is 2.44. The molecule has 0 spiro atoms. The van der Waals surface area contributed by atoms with Gasteiger partial charge >= 0.3 is 0 Å². The van der Waals surface area contributed by atoms with Crippen LogP contribution in [0, 0.1) is 6.92 Å². The maximum absolute atomic E-state index is 6.13. The topological polar surface area (TPSA) is 32.5 Å². The zero-order valence-electron chi connectivity index (χ0n) is 12.9. The molecule has 3 nitrogen and oxygen atoms in total. The van der Waals surface area contributed by atoms with Gasteiger partial charge in [0.05, 0.1) is 11.4 Å². The Balaban J connectivity index is 2.58. The van der Waals surface area contributed by atoms with E-state index in [9.17, 15) is 0 Å². The van der Waals surface area contributed by atoms with Crippen molar-refractivity contribution in [3.8, 4) is 0 Å². The number of hydrogen-bond acceptors (Lipinski definition) is 3. The van der Waals surface area contributed by atoms with Gasteiger partial charge < -0.3 is 15.5 Å². The van der Waals surface area contributed by atoms with Crippen molar-refractivity contribution in [2.45, 2.75) is 34.1 Å². The minimum Gasteiger partial charge on any atom is -0.397 e. The second-order valence-corrected chi connectivity index (χ2v) is 5.02. The van der Waals surface area contributed by atoms with Gasteiger partial charge in [-0.3, -0.25) is 0 Å². The van der Waals surface area contributed by atoms with Crippen molar-refractivity contribution < 1.29 is 0 Å². The Bertz CT molecular complexity index is 372. The summed E-state index contributed by atoms with van der Waals surface area (Å²) in [7, 11) is 0. The first kappa shape index (κ1) is 15.8. The normalized spacial score (nSPS) is 11.0. The summed E-state index contributed by atoms with van der Waals surface area (Å²) in [5.41, 5.74) is 9.42. The molecule has 0 aliphatic carbocycles. The highest BCUT2D eigenvalue weighted by atomic mass is 15.1. The molecule has 1 aromatic rings. The summed E-state index contributed by atoms with van der Waals surface area (Å²) in [4.78, 5) is 4.84. The molecule has 0 radical (unpaired) electrons. The summed E-state index contributed by atoms with van der Waals surface area (Å²) in [6.45, 7) is 14.2. The Labute approximate surface area is 118 Å². The summed E-state index contributed by atoms with van der Waals surface area (Å²) in [5.74, 6) is 0. The molecule has 0 saturated heterocycles. The predicted molar refractivity (Wildman–Crippen MR) is 85.9 cm³/mol. The summed E-state index contributed by atoms with van der Waals surface area (Å²) in [5, 5.41) is 0. The van der Waals surface area contributed by atoms with Gasteiger partial charge in [0.15, 0.2) is 0 Å². The molecule has 0 fully saturated rings. The van der Waals surface area contributed by atoms with Crippen LogP contribution in [0.3, 0.4) is 0 Å². The Hall–Kier alpha value is -1.22. The van der Waals surface area contributed by atoms with E-state index in [2.05, 4.69) is 55.7 Å². The number of benzene rings is 1. The number of aryl methyl sites for hydroxylation is 1. The largest absolute Gasteiger partial charge is 0.397 e. The molecule has 1 rings (SSSR count). The van der Waals surface area contributed by atoms with Crippen LogP contribution in [-0.2, 0) is 0 Å². The second kappa shape index (κ2) is 8.05. The monoisotopic (exact) mass is 263 g/mol. The molecule has 0 heterocycles. The molecule has 0 aliphatic heterocycles. The van der Waals surface area contributed by atoms with Crippen molar-refractivity contribution in [3.63, 3.8) is 0 Å². The van der Waals surface area contributed by atoms with Crippen LogP contribution in [0.15, 0.2) is 18.2 Å². The summed E-state index contributed by atoms with van der Waals surface area (Å²) in [6, 6.07) is 6.34. The van der Waals surface area contributed by atoms with Gasteiger partial charge in [-0.15, -0.1) is 0 Å². The van der Waals surface area contributed by atoms with Crippen molar-refractivity contribution in [2.75, 3.05) is 43.4 Å². The molecule has 108 valence electrons. The van der Waals surface area contributed by atoms with E-state index in [1.807, 2.05) is 0 Å². The van der Waals surface area contributed by atoms with Crippen LogP contribution in [-0.4, -0.2) is 37.6 Å². The SMILES string of the molecule is CCN(CC)CCCN(CC)c1ccc(C)cc1N. The summed E-state index contributed by atoms with van der Waals surface area (Å²) >= 11 is 0. The molecule has 3 heteroatoms. The lowest BCUT2D eigenvalue weighted by Gasteiger charge is -2.26.